The molecule has 3 aromatic rings. The highest BCUT2D eigenvalue weighted by Gasteiger charge is 2.09. The molecule has 0 heterocycles. The molecule has 7 nitrogen and oxygen atoms in total. The molecule has 0 aromatic heterocycles. The normalized spacial score (nSPS) is 10.5. The first-order valence-corrected chi connectivity index (χ1v) is 9.52. The van der Waals surface area contributed by atoms with Gasteiger partial charge in [0.25, 0.3) is 5.91 Å². The highest BCUT2D eigenvalue weighted by Crippen LogP contribution is 2.25. The van der Waals surface area contributed by atoms with E-state index in [1.807, 2.05) is 19.1 Å². The number of carbonyl (C=O) groups is 2. The van der Waals surface area contributed by atoms with Crippen molar-refractivity contribution in [1.29, 1.82) is 0 Å². The van der Waals surface area contributed by atoms with Crippen molar-refractivity contribution in [3.63, 3.8) is 0 Å². The molecule has 0 spiro atoms. The number of hydrogen-bond acceptors (Lipinski definition) is 6. The van der Waals surface area contributed by atoms with Gasteiger partial charge in [0.2, 0.25) is 0 Å². The fourth-order valence-electron chi connectivity index (χ4n) is 2.65. The summed E-state index contributed by atoms with van der Waals surface area (Å²) in [5.74, 6) is 0.595. The number of amides is 1. The van der Waals surface area contributed by atoms with Crippen molar-refractivity contribution >= 4 is 18.1 Å². The van der Waals surface area contributed by atoms with Crippen LogP contribution >= 0.6 is 0 Å². The fourth-order valence-corrected chi connectivity index (χ4v) is 2.65. The van der Waals surface area contributed by atoms with E-state index in [2.05, 4.69) is 10.5 Å². The molecular weight excluding hydrogens is 396 g/mol. The third kappa shape index (κ3) is 6.43. The predicted molar refractivity (Wildman–Crippen MR) is 117 cm³/mol. The number of para-hydroxylation sites is 2. The Kier molecular flexibility index (Phi) is 7.37. The summed E-state index contributed by atoms with van der Waals surface area (Å²) in [6.45, 7) is 1.71. The number of carbonyl (C=O) groups excluding carboxylic acids is 2. The van der Waals surface area contributed by atoms with Crippen LogP contribution in [0.4, 0.5) is 0 Å². The van der Waals surface area contributed by atoms with E-state index in [1.165, 1.54) is 13.3 Å². The van der Waals surface area contributed by atoms with Crippen LogP contribution in [-0.4, -0.2) is 31.8 Å². The molecular formula is C24H22N2O5. The Morgan fingerprint density at radius 3 is 2.42 bits per heavy atom. The Balaban J connectivity index is 1.48. The van der Waals surface area contributed by atoms with Gasteiger partial charge in [0, 0.05) is 0 Å². The molecule has 0 unspecified atom stereocenters. The van der Waals surface area contributed by atoms with Crippen molar-refractivity contribution in [2.24, 2.45) is 5.10 Å². The monoisotopic (exact) mass is 418 g/mol. The van der Waals surface area contributed by atoms with Crippen molar-refractivity contribution in [3.05, 3.63) is 89.5 Å². The molecule has 31 heavy (non-hydrogen) atoms. The SMILES string of the molecule is COc1ccccc1OCC(=O)N/N=C/c1ccc(OC(=O)c2cccc(C)c2)cc1. The lowest BCUT2D eigenvalue weighted by atomic mass is 10.1. The number of aryl methyl sites for hydroxylation is 1. The molecule has 1 amide bonds. The second kappa shape index (κ2) is 10.6. The average Bonchev–Trinajstić information content (AvgIpc) is 2.79. The number of rotatable bonds is 8. The topological polar surface area (TPSA) is 86.2 Å². The Bertz CT molecular complexity index is 1080. The Morgan fingerprint density at radius 1 is 0.968 bits per heavy atom. The van der Waals surface area contributed by atoms with Crippen molar-refractivity contribution in [2.45, 2.75) is 6.92 Å². The summed E-state index contributed by atoms with van der Waals surface area (Å²) in [4.78, 5) is 24.1. The predicted octanol–water partition coefficient (Wildman–Crippen LogP) is 3.75. The van der Waals surface area contributed by atoms with Crippen LogP contribution in [0.15, 0.2) is 77.9 Å². The van der Waals surface area contributed by atoms with Crippen molar-refractivity contribution in [2.75, 3.05) is 13.7 Å². The first-order chi connectivity index (χ1) is 15.0. The summed E-state index contributed by atoms with van der Waals surface area (Å²) in [6.07, 6.45) is 1.48. The second-order valence-electron chi connectivity index (χ2n) is 6.56. The number of esters is 1. The standard InChI is InChI=1S/C24H22N2O5/c1-17-6-5-7-19(14-17)24(28)31-20-12-10-18(11-13-20)15-25-26-23(27)16-30-22-9-4-3-8-21(22)29-2/h3-15H,16H2,1-2H3,(H,26,27)/b25-15+. The molecule has 3 aromatic carbocycles. The van der Waals surface area contributed by atoms with E-state index < -0.39 is 11.9 Å². The molecule has 0 saturated carbocycles. The van der Waals surface area contributed by atoms with Gasteiger partial charge in [-0.3, -0.25) is 4.79 Å². The molecule has 158 valence electrons. The molecule has 1 N–H and O–H groups in total. The zero-order valence-electron chi connectivity index (χ0n) is 17.2. The van der Waals surface area contributed by atoms with E-state index in [-0.39, 0.29) is 6.61 Å². The highest BCUT2D eigenvalue weighted by atomic mass is 16.5. The largest absolute Gasteiger partial charge is 0.493 e. The van der Waals surface area contributed by atoms with Gasteiger partial charge in [0.15, 0.2) is 18.1 Å². The van der Waals surface area contributed by atoms with Crippen LogP contribution in [0, 0.1) is 6.92 Å². The molecule has 0 fully saturated rings. The molecule has 0 radical (unpaired) electrons. The van der Waals surface area contributed by atoms with Gasteiger partial charge in [0.05, 0.1) is 18.9 Å². The minimum absolute atomic E-state index is 0.203. The summed E-state index contributed by atoms with van der Waals surface area (Å²) in [5, 5.41) is 3.90. The lowest BCUT2D eigenvalue weighted by Gasteiger charge is -2.09. The van der Waals surface area contributed by atoms with Gasteiger partial charge in [-0.15, -0.1) is 0 Å². The van der Waals surface area contributed by atoms with E-state index in [4.69, 9.17) is 14.2 Å². The van der Waals surface area contributed by atoms with Gasteiger partial charge in [-0.25, -0.2) is 10.2 Å². The van der Waals surface area contributed by atoms with Gasteiger partial charge < -0.3 is 14.2 Å². The summed E-state index contributed by atoms with van der Waals surface area (Å²) in [5.41, 5.74) is 4.59. The van der Waals surface area contributed by atoms with Gasteiger partial charge in [-0.2, -0.15) is 5.10 Å². The van der Waals surface area contributed by atoms with Gasteiger partial charge in [-0.05, 0) is 61.0 Å². The number of nitrogens with one attached hydrogen (secondary N) is 1. The molecule has 0 atom stereocenters. The molecule has 7 heteroatoms. The van der Waals surface area contributed by atoms with Crippen LogP contribution < -0.4 is 19.6 Å². The van der Waals surface area contributed by atoms with E-state index in [1.54, 1.807) is 60.7 Å². The zero-order chi connectivity index (χ0) is 22.1. The van der Waals surface area contributed by atoms with Gasteiger partial charge in [-0.1, -0.05) is 29.8 Å². The highest BCUT2D eigenvalue weighted by molar-refractivity contribution is 5.91. The number of ether oxygens (including phenoxy) is 3. The maximum Gasteiger partial charge on any atom is 0.343 e. The van der Waals surface area contributed by atoms with Crippen LogP contribution in [0.2, 0.25) is 0 Å². The summed E-state index contributed by atoms with van der Waals surface area (Å²) < 4.78 is 16.0. The average molecular weight is 418 g/mol. The molecule has 0 bridgehead atoms. The number of benzene rings is 3. The summed E-state index contributed by atoms with van der Waals surface area (Å²) >= 11 is 0. The third-order valence-corrected chi connectivity index (χ3v) is 4.18. The van der Waals surface area contributed by atoms with Crippen LogP contribution in [0.5, 0.6) is 17.2 Å². The van der Waals surface area contributed by atoms with Crippen molar-refractivity contribution < 1.29 is 23.8 Å². The second-order valence-corrected chi connectivity index (χ2v) is 6.56. The number of nitrogens with zero attached hydrogens (tertiary/aromatic N) is 1. The maximum absolute atomic E-state index is 12.2. The molecule has 0 saturated heterocycles. The quantitative estimate of drug-likeness (QED) is 0.261. The Labute approximate surface area is 180 Å². The molecule has 0 aliphatic rings. The van der Waals surface area contributed by atoms with Crippen LogP contribution in [0.1, 0.15) is 21.5 Å². The first-order valence-electron chi connectivity index (χ1n) is 9.52. The van der Waals surface area contributed by atoms with E-state index >= 15 is 0 Å². The van der Waals surface area contributed by atoms with Gasteiger partial charge >= 0.3 is 5.97 Å². The van der Waals surface area contributed by atoms with Crippen molar-refractivity contribution in [1.82, 2.24) is 5.43 Å². The number of methoxy groups -OCH3 is 1. The number of hydrazone groups is 1. The summed E-state index contributed by atoms with van der Waals surface area (Å²) in [6, 6.07) is 21.0. The smallest absolute Gasteiger partial charge is 0.343 e. The maximum atomic E-state index is 12.2. The van der Waals surface area contributed by atoms with Crippen LogP contribution in [-0.2, 0) is 4.79 Å². The van der Waals surface area contributed by atoms with Crippen LogP contribution in [0.25, 0.3) is 0 Å². The Hall–Kier alpha value is -4.13. The van der Waals surface area contributed by atoms with Crippen LogP contribution in [0.3, 0.4) is 0 Å². The molecule has 0 aliphatic heterocycles. The third-order valence-electron chi connectivity index (χ3n) is 4.18. The summed E-state index contributed by atoms with van der Waals surface area (Å²) in [7, 11) is 1.53. The Morgan fingerprint density at radius 2 is 1.71 bits per heavy atom. The van der Waals surface area contributed by atoms with E-state index in [9.17, 15) is 9.59 Å². The number of hydrogen-bond donors (Lipinski definition) is 1. The lowest BCUT2D eigenvalue weighted by Crippen LogP contribution is -2.24. The van der Waals surface area contributed by atoms with E-state index in [0.717, 1.165) is 11.1 Å². The lowest BCUT2D eigenvalue weighted by molar-refractivity contribution is -0.123. The minimum Gasteiger partial charge on any atom is -0.493 e. The molecule has 3 rings (SSSR count). The van der Waals surface area contributed by atoms with Crippen molar-refractivity contribution in [3.8, 4) is 17.2 Å². The fraction of sp³-hybridized carbons (Fsp3) is 0.125. The minimum atomic E-state index is -0.424. The first kappa shape index (κ1) is 21.6. The molecule has 0 aliphatic carbocycles. The zero-order valence-corrected chi connectivity index (χ0v) is 17.2. The van der Waals surface area contributed by atoms with Gasteiger partial charge in [0.1, 0.15) is 5.75 Å². The van der Waals surface area contributed by atoms with E-state index in [0.29, 0.717) is 22.8 Å².